The van der Waals surface area contributed by atoms with Crippen LogP contribution in [0.4, 0.5) is 0 Å². The van der Waals surface area contributed by atoms with Crippen LogP contribution in [-0.2, 0) is 0 Å². The molecule has 0 saturated heterocycles. The number of rotatable bonds is 3. The highest BCUT2D eigenvalue weighted by molar-refractivity contribution is 7.13. The lowest BCUT2D eigenvalue weighted by Gasteiger charge is -2.07. The van der Waals surface area contributed by atoms with Crippen LogP contribution < -0.4 is 0 Å². The van der Waals surface area contributed by atoms with Crippen molar-refractivity contribution in [3.63, 3.8) is 0 Å². The lowest BCUT2D eigenvalue weighted by molar-refractivity contribution is 0.0981. The number of carbonyl (C=O) groups excluding carboxylic acids is 1. The van der Waals surface area contributed by atoms with E-state index >= 15 is 0 Å². The SMILES string of the molecule is Cc1cc([C@H](C#N)C(=O)c2cnc(C)s2)nc(C)n1. The van der Waals surface area contributed by atoms with Gasteiger partial charge >= 0.3 is 0 Å². The van der Waals surface area contributed by atoms with E-state index in [2.05, 4.69) is 15.0 Å². The second-order valence-electron chi connectivity index (χ2n) is 4.15. The minimum Gasteiger partial charge on any atom is -0.291 e. The normalized spacial score (nSPS) is 11.9. The van der Waals surface area contributed by atoms with Crippen molar-refractivity contribution in [1.82, 2.24) is 15.0 Å². The molecule has 0 bridgehead atoms. The quantitative estimate of drug-likeness (QED) is 0.801. The fraction of sp³-hybridized carbons (Fsp3) is 0.308. The molecule has 1 atom stereocenters. The number of thiazole rings is 1. The maximum atomic E-state index is 12.3. The predicted molar refractivity (Wildman–Crippen MR) is 71.0 cm³/mol. The Kier molecular flexibility index (Phi) is 3.67. The molecule has 5 nitrogen and oxygen atoms in total. The summed E-state index contributed by atoms with van der Waals surface area (Å²) in [6.45, 7) is 5.38. The molecule has 2 rings (SSSR count). The molecule has 0 aliphatic carbocycles. The zero-order valence-electron chi connectivity index (χ0n) is 10.8. The van der Waals surface area contributed by atoms with Crippen molar-refractivity contribution in [2.75, 3.05) is 0 Å². The van der Waals surface area contributed by atoms with Crippen LogP contribution in [0.25, 0.3) is 0 Å². The Hall–Kier alpha value is -2.13. The molecule has 6 heteroatoms. The highest BCUT2D eigenvalue weighted by atomic mass is 32.1. The van der Waals surface area contributed by atoms with Gasteiger partial charge in [-0.25, -0.2) is 15.0 Å². The van der Waals surface area contributed by atoms with Crippen molar-refractivity contribution in [2.24, 2.45) is 0 Å². The van der Waals surface area contributed by atoms with Gasteiger partial charge in [0.05, 0.1) is 21.6 Å². The molecule has 0 aromatic carbocycles. The molecule has 0 amide bonds. The Balaban J connectivity index is 2.40. The van der Waals surface area contributed by atoms with Crippen molar-refractivity contribution < 1.29 is 4.79 Å². The largest absolute Gasteiger partial charge is 0.291 e. The van der Waals surface area contributed by atoms with Gasteiger partial charge in [-0.05, 0) is 26.8 Å². The van der Waals surface area contributed by atoms with E-state index in [0.717, 1.165) is 10.7 Å². The maximum Gasteiger partial charge on any atom is 0.197 e. The minimum absolute atomic E-state index is 0.259. The first-order valence-electron chi connectivity index (χ1n) is 5.69. The Morgan fingerprint density at radius 1 is 1.37 bits per heavy atom. The number of nitrogens with zero attached hydrogens (tertiary/aromatic N) is 4. The molecular formula is C13H12N4OS. The predicted octanol–water partition coefficient (Wildman–Crippen LogP) is 2.35. The summed E-state index contributed by atoms with van der Waals surface area (Å²) in [6.07, 6.45) is 1.51. The van der Waals surface area contributed by atoms with Crippen molar-refractivity contribution in [2.45, 2.75) is 26.7 Å². The average Bonchev–Trinajstić information content (AvgIpc) is 2.75. The van der Waals surface area contributed by atoms with Crippen molar-refractivity contribution in [1.29, 1.82) is 5.26 Å². The summed E-state index contributed by atoms with van der Waals surface area (Å²) in [4.78, 5) is 25.2. The molecule has 0 fully saturated rings. The number of aromatic nitrogens is 3. The number of ketones is 1. The van der Waals surface area contributed by atoms with Crippen LogP contribution in [0.3, 0.4) is 0 Å². The summed E-state index contributed by atoms with van der Waals surface area (Å²) in [5, 5.41) is 10.1. The first-order chi connectivity index (χ1) is 9.01. The van der Waals surface area contributed by atoms with E-state index in [1.54, 1.807) is 13.0 Å². The van der Waals surface area contributed by atoms with Gasteiger partial charge in [0.25, 0.3) is 0 Å². The van der Waals surface area contributed by atoms with Crippen molar-refractivity contribution in [3.05, 3.63) is 39.4 Å². The molecule has 0 aliphatic rings. The molecule has 2 heterocycles. The third kappa shape index (κ3) is 2.83. The van der Waals surface area contributed by atoms with E-state index in [4.69, 9.17) is 0 Å². The number of Topliss-reactive ketones (excluding diaryl/α,β-unsaturated/α-hetero) is 1. The van der Waals surface area contributed by atoms with Gasteiger partial charge < -0.3 is 0 Å². The Morgan fingerprint density at radius 2 is 2.11 bits per heavy atom. The molecular weight excluding hydrogens is 260 g/mol. The molecule has 2 aromatic heterocycles. The number of hydrogen-bond acceptors (Lipinski definition) is 6. The second-order valence-corrected chi connectivity index (χ2v) is 5.39. The molecule has 0 N–H and O–H groups in total. The summed E-state index contributed by atoms with van der Waals surface area (Å²) in [5.74, 6) is -0.602. The zero-order valence-corrected chi connectivity index (χ0v) is 11.7. The second kappa shape index (κ2) is 5.24. The molecule has 96 valence electrons. The third-order valence-electron chi connectivity index (χ3n) is 2.54. The number of aryl methyl sites for hydroxylation is 3. The third-order valence-corrected chi connectivity index (χ3v) is 3.46. The number of carbonyl (C=O) groups is 1. The van der Waals surface area contributed by atoms with Gasteiger partial charge in [-0.2, -0.15) is 5.26 Å². The van der Waals surface area contributed by atoms with E-state index in [9.17, 15) is 10.1 Å². The molecule has 19 heavy (non-hydrogen) atoms. The summed E-state index contributed by atoms with van der Waals surface area (Å²) in [5.41, 5.74) is 1.19. The Morgan fingerprint density at radius 3 is 2.63 bits per heavy atom. The van der Waals surface area contributed by atoms with Crippen LogP contribution in [-0.4, -0.2) is 20.7 Å². The van der Waals surface area contributed by atoms with Gasteiger partial charge in [-0.15, -0.1) is 11.3 Å². The van der Waals surface area contributed by atoms with Crippen LogP contribution in [0, 0.1) is 32.1 Å². The number of nitriles is 1. The van der Waals surface area contributed by atoms with Crippen LogP contribution in [0.15, 0.2) is 12.3 Å². The molecule has 2 aromatic rings. The lowest BCUT2D eigenvalue weighted by atomic mass is 10.00. The molecule has 0 saturated carbocycles. The average molecular weight is 272 g/mol. The fourth-order valence-electron chi connectivity index (χ4n) is 1.77. The maximum absolute atomic E-state index is 12.3. The van der Waals surface area contributed by atoms with Crippen LogP contribution in [0.1, 0.15) is 37.8 Å². The first kappa shape index (κ1) is 13.3. The first-order valence-corrected chi connectivity index (χ1v) is 6.51. The summed E-state index contributed by atoms with van der Waals surface area (Å²) in [7, 11) is 0. The van der Waals surface area contributed by atoms with Gasteiger partial charge in [-0.3, -0.25) is 4.79 Å². The van der Waals surface area contributed by atoms with Crippen molar-refractivity contribution in [3.8, 4) is 6.07 Å². The smallest absolute Gasteiger partial charge is 0.197 e. The summed E-state index contributed by atoms with van der Waals surface area (Å²) < 4.78 is 0. The van der Waals surface area contributed by atoms with E-state index in [1.165, 1.54) is 17.5 Å². The van der Waals surface area contributed by atoms with Crippen molar-refractivity contribution >= 4 is 17.1 Å². The summed E-state index contributed by atoms with van der Waals surface area (Å²) in [6, 6.07) is 3.69. The van der Waals surface area contributed by atoms with E-state index in [0.29, 0.717) is 16.4 Å². The summed E-state index contributed by atoms with van der Waals surface area (Å²) >= 11 is 1.29. The Bertz CT molecular complexity index is 651. The minimum atomic E-state index is -0.903. The van der Waals surface area contributed by atoms with E-state index in [-0.39, 0.29) is 5.78 Å². The fourth-order valence-corrected chi connectivity index (χ4v) is 2.52. The van der Waals surface area contributed by atoms with Crippen LogP contribution >= 0.6 is 11.3 Å². The highest BCUT2D eigenvalue weighted by Gasteiger charge is 2.25. The van der Waals surface area contributed by atoms with Gasteiger partial charge in [0.1, 0.15) is 5.82 Å². The van der Waals surface area contributed by atoms with Crippen LogP contribution in [0.5, 0.6) is 0 Å². The highest BCUT2D eigenvalue weighted by Crippen LogP contribution is 2.23. The van der Waals surface area contributed by atoms with Gasteiger partial charge in [0.2, 0.25) is 0 Å². The molecule has 0 radical (unpaired) electrons. The number of hydrogen-bond donors (Lipinski definition) is 0. The zero-order chi connectivity index (χ0) is 14.0. The van der Waals surface area contributed by atoms with E-state index in [1.807, 2.05) is 19.9 Å². The standard InChI is InChI=1S/C13H12N4OS/c1-7-4-11(17-8(2)16-7)10(5-14)13(18)12-6-15-9(3)19-12/h4,6,10H,1-3H3/t10-/m0/s1. The van der Waals surface area contributed by atoms with Crippen LogP contribution in [0.2, 0.25) is 0 Å². The topological polar surface area (TPSA) is 79.5 Å². The van der Waals surface area contributed by atoms with Gasteiger partial charge in [0, 0.05) is 11.9 Å². The Labute approximate surface area is 115 Å². The molecule has 0 aliphatic heterocycles. The van der Waals surface area contributed by atoms with Gasteiger partial charge in [-0.1, -0.05) is 0 Å². The van der Waals surface area contributed by atoms with Gasteiger partial charge in [0.15, 0.2) is 11.7 Å². The monoisotopic (exact) mass is 272 g/mol. The molecule has 0 unspecified atom stereocenters. The molecule has 0 spiro atoms. The van der Waals surface area contributed by atoms with E-state index < -0.39 is 5.92 Å². The lowest BCUT2D eigenvalue weighted by Crippen LogP contribution is -2.13.